The number of amides is 1. The van der Waals surface area contributed by atoms with Gasteiger partial charge in [-0.05, 0) is 44.5 Å². The molecule has 0 aliphatic heterocycles. The molecule has 2 unspecified atom stereocenters. The molecule has 6 nitrogen and oxygen atoms in total. The van der Waals surface area contributed by atoms with Crippen molar-refractivity contribution in [3.63, 3.8) is 0 Å². The van der Waals surface area contributed by atoms with Crippen LogP contribution in [0.5, 0.6) is 0 Å². The van der Waals surface area contributed by atoms with Crippen LogP contribution in [0.2, 0.25) is 0 Å². The molecule has 26 heavy (non-hydrogen) atoms. The second kappa shape index (κ2) is 8.24. The number of sulfone groups is 1. The zero-order valence-corrected chi connectivity index (χ0v) is 16.5. The van der Waals surface area contributed by atoms with Crippen LogP contribution < -0.4 is 11.1 Å². The molecule has 1 amide bonds. The summed E-state index contributed by atoms with van der Waals surface area (Å²) in [6, 6.07) is 4.84. The number of halogens is 1. The smallest absolute Gasteiger partial charge is 0.237 e. The van der Waals surface area contributed by atoms with Gasteiger partial charge in [0, 0.05) is 11.8 Å². The van der Waals surface area contributed by atoms with Crippen molar-refractivity contribution in [2.45, 2.75) is 32.4 Å². The first-order valence-electron chi connectivity index (χ1n) is 8.04. The first-order chi connectivity index (χ1) is 12.1. The molecule has 0 aliphatic rings. The summed E-state index contributed by atoms with van der Waals surface area (Å²) in [5, 5.41) is 3.53. The summed E-state index contributed by atoms with van der Waals surface area (Å²) < 4.78 is 35.4. The zero-order valence-electron chi connectivity index (χ0n) is 14.8. The van der Waals surface area contributed by atoms with E-state index in [1.54, 1.807) is 12.1 Å². The van der Waals surface area contributed by atoms with E-state index in [4.69, 9.17) is 5.73 Å². The number of nitrogens with one attached hydrogen (secondary N) is 1. The molecule has 0 saturated carbocycles. The quantitative estimate of drug-likeness (QED) is 0.743. The summed E-state index contributed by atoms with van der Waals surface area (Å²) >= 11 is 1.41. The van der Waals surface area contributed by atoms with Gasteiger partial charge >= 0.3 is 0 Å². The summed E-state index contributed by atoms with van der Waals surface area (Å²) in [4.78, 5) is 17.5. The lowest BCUT2D eigenvalue weighted by molar-refractivity contribution is -0.123. The Balaban J connectivity index is 2.06. The third-order valence-corrected chi connectivity index (χ3v) is 6.18. The van der Waals surface area contributed by atoms with E-state index in [1.807, 2.05) is 13.8 Å². The second-order valence-corrected chi connectivity index (χ2v) is 9.52. The number of hydrogen-bond acceptors (Lipinski definition) is 6. The molecule has 0 saturated heterocycles. The molecule has 1 heterocycles. The highest BCUT2D eigenvalue weighted by molar-refractivity contribution is 7.90. The summed E-state index contributed by atoms with van der Waals surface area (Å²) in [5.74, 6) is -0.854. The topological polar surface area (TPSA) is 102 Å². The minimum absolute atomic E-state index is 0.0693. The number of carbonyl (C=O) groups is 1. The van der Waals surface area contributed by atoms with Crippen LogP contribution in [0.4, 0.5) is 4.39 Å². The number of benzene rings is 1. The number of nitrogens with zero attached hydrogens (tertiary/aromatic N) is 1. The van der Waals surface area contributed by atoms with Crippen molar-refractivity contribution >= 4 is 27.1 Å². The number of hydrogen-bond donors (Lipinski definition) is 2. The maximum atomic E-state index is 13.1. The molecule has 0 aliphatic carbocycles. The monoisotopic (exact) mass is 399 g/mol. The summed E-state index contributed by atoms with van der Waals surface area (Å²) in [5.41, 5.74) is 7.35. The van der Waals surface area contributed by atoms with Gasteiger partial charge in [-0.2, -0.15) is 0 Å². The van der Waals surface area contributed by atoms with Gasteiger partial charge in [-0.15, -0.1) is 11.3 Å². The van der Waals surface area contributed by atoms with Crippen molar-refractivity contribution in [3.8, 4) is 10.6 Å². The maximum Gasteiger partial charge on any atom is 0.237 e. The predicted molar refractivity (Wildman–Crippen MR) is 101 cm³/mol. The van der Waals surface area contributed by atoms with Gasteiger partial charge in [0.2, 0.25) is 5.91 Å². The van der Waals surface area contributed by atoms with E-state index in [0.717, 1.165) is 27.4 Å². The van der Waals surface area contributed by atoms with Crippen LogP contribution in [0.1, 0.15) is 30.0 Å². The minimum atomic E-state index is -3.17. The molecule has 0 bridgehead atoms. The number of thiazole rings is 1. The number of aryl methyl sites for hydroxylation is 1. The third-order valence-electron chi connectivity index (χ3n) is 3.81. The Kier molecular flexibility index (Phi) is 6.48. The van der Waals surface area contributed by atoms with Crippen LogP contribution in [0.3, 0.4) is 0 Å². The van der Waals surface area contributed by atoms with Gasteiger partial charge in [-0.1, -0.05) is 0 Å². The van der Waals surface area contributed by atoms with E-state index in [2.05, 4.69) is 10.3 Å². The predicted octanol–water partition coefficient (Wildman–Crippen LogP) is 2.20. The van der Waals surface area contributed by atoms with Crippen LogP contribution in [-0.2, 0) is 14.6 Å². The standard InChI is InChI=1S/C17H22FN3O3S2/c1-10(20-16(22)14(19)8-9-26(3,23)24)15-11(2)21-17(25-15)12-4-6-13(18)7-5-12/h4-7,10,14H,8-9,19H2,1-3H3,(H,20,22). The highest BCUT2D eigenvalue weighted by Crippen LogP contribution is 2.31. The molecule has 1 aromatic carbocycles. The molecule has 2 aromatic rings. The first-order valence-corrected chi connectivity index (χ1v) is 10.9. The van der Waals surface area contributed by atoms with Crippen LogP contribution in [0.25, 0.3) is 10.6 Å². The van der Waals surface area contributed by atoms with E-state index >= 15 is 0 Å². The Bertz CT molecular complexity index is 879. The number of aromatic nitrogens is 1. The van der Waals surface area contributed by atoms with Gasteiger partial charge in [0.1, 0.15) is 20.7 Å². The van der Waals surface area contributed by atoms with Crippen molar-refractivity contribution in [1.29, 1.82) is 0 Å². The van der Waals surface area contributed by atoms with Crippen molar-refractivity contribution in [1.82, 2.24) is 10.3 Å². The van der Waals surface area contributed by atoms with Gasteiger partial charge in [-0.3, -0.25) is 4.79 Å². The molecule has 2 rings (SSSR count). The zero-order chi connectivity index (χ0) is 19.5. The lowest BCUT2D eigenvalue weighted by atomic mass is 10.2. The Morgan fingerprint density at radius 2 is 1.96 bits per heavy atom. The number of carbonyl (C=O) groups excluding carboxylic acids is 1. The molecule has 142 valence electrons. The number of nitrogens with two attached hydrogens (primary N) is 1. The second-order valence-electron chi connectivity index (χ2n) is 6.23. The van der Waals surface area contributed by atoms with E-state index in [0.29, 0.717) is 0 Å². The van der Waals surface area contributed by atoms with Crippen molar-refractivity contribution in [2.75, 3.05) is 12.0 Å². The fraction of sp³-hybridized carbons (Fsp3) is 0.412. The normalized spacial score (nSPS) is 14.0. The highest BCUT2D eigenvalue weighted by Gasteiger charge is 2.21. The van der Waals surface area contributed by atoms with Crippen molar-refractivity contribution in [2.24, 2.45) is 5.73 Å². The molecular weight excluding hydrogens is 377 g/mol. The lowest BCUT2D eigenvalue weighted by Crippen LogP contribution is -2.42. The summed E-state index contributed by atoms with van der Waals surface area (Å²) in [6.45, 7) is 3.65. The molecule has 3 N–H and O–H groups in total. The van der Waals surface area contributed by atoms with Crippen LogP contribution in [-0.4, -0.2) is 37.4 Å². The Hall–Kier alpha value is -1.84. The summed E-state index contributed by atoms with van der Waals surface area (Å²) in [7, 11) is -3.17. The van der Waals surface area contributed by atoms with Crippen molar-refractivity contribution < 1.29 is 17.6 Å². The summed E-state index contributed by atoms with van der Waals surface area (Å²) in [6.07, 6.45) is 1.18. The number of rotatable bonds is 7. The van der Waals surface area contributed by atoms with Crippen LogP contribution >= 0.6 is 11.3 Å². The Morgan fingerprint density at radius 1 is 1.35 bits per heavy atom. The van der Waals surface area contributed by atoms with E-state index < -0.39 is 21.8 Å². The average molecular weight is 400 g/mol. The van der Waals surface area contributed by atoms with E-state index in [-0.39, 0.29) is 24.0 Å². The highest BCUT2D eigenvalue weighted by atomic mass is 32.2. The molecule has 2 atom stereocenters. The maximum absolute atomic E-state index is 13.1. The minimum Gasteiger partial charge on any atom is -0.347 e. The third kappa shape index (κ3) is 5.58. The van der Waals surface area contributed by atoms with Gasteiger partial charge in [0.05, 0.1) is 28.4 Å². The van der Waals surface area contributed by atoms with Gasteiger partial charge in [0.25, 0.3) is 0 Å². The van der Waals surface area contributed by atoms with Crippen LogP contribution in [0.15, 0.2) is 24.3 Å². The Morgan fingerprint density at radius 3 is 2.54 bits per heavy atom. The molecular formula is C17H22FN3O3S2. The largest absolute Gasteiger partial charge is 0.347 e. The lowest BCUT2D eigenvalue weighted by Gasteiger charge is -2.16. The Labute approximate surface area is 156 Å². The molecule has 0 spiro atoms. The molecule has 0 radical (unpaired) electrons. The van der Waals surface area contributed by atoms with E-state index in [9.17, 15) is 17.6 Å². The van der Waals surface area contributed by atoms with Crippen molar-refractivity contribution in [3.05, 3.63) is 40.7 Å². The van der Waals surface area contributed by atoms with E-state index in [1.165, 1.54) is 23.5 Å². The van der Waals surface area contributed by atoms with Gasteiger partial charge in [-0.25, -0.2) is 17.8 Å². The van der Waals surface area contributed by atoms with Gasteiger partial charge in [0.15, 0.2) is 0 Å². The van der Waals surface area contributed by atoms with Gasteiger partial charge < -0.3 is 11.1 Å². The first kappa shape index (κ1) is 20.5. The van der Waals surface area contributed by atoms with Crippen LogP contribution in [0, 0.1) is 12.7 Å². The average Bonchev–Trinajstić information content (AvgIpc) is 2.94. The molecule has 9 heteroatoms. The molecule has 1 aromatic heterocycles. The fourth-order valence-corrected chi connectivity index (χ4v) is 4.14. The fourth-order valence-electron chi connectivity index (χ4n) is 2.38. The SMILES string of the molecule is Cc1nc(-c2ccc(F)cc2)sc1C(C)NC(=O)C(N)CCS(C)(=O)=O. The molecule has 0 fully saturated rings.